The summed E-state index contributed by atoms with van der Waals surface area (Å²) >= 11 is 5.77. The van der Waals surface area contributed by atoms with Crippen LogP contribution in [0.25, 0.3) is 11.0 Å². The Balaban J connectivity index is 0.000000531. The van der Waals surface area contributed by atoms with Crippen LogP contribution in [0.4, 0.5) is 0 Å². The molecule has 2 aromatic rings. The van der Waals surface area contributed by atoms with Gasteiger partial charge in [-0.25, -0.2) is 4.98 Å². The molecule has 0 saturated heterocycles. The van der Waals surface area contributed by atoms with Crippen LogP contribution in [-0.2, 0) is 0 Å². The van der Waals surface area contributed by atoms with Gasteiger partial charge in [-0.1, -0.05) is 13.8 Å². The van der Waals surface area contributed by atoms with Crippen LogP contribution in [0, 0.1) is 6.92 Å². The highest BCUT2D eigenvalue weighted by molar-refractivity contribution is 14.2. The highest BCUT2D eigenvalue weighted by atomic mass is 127. The number of pyridine rings is 1. The quantitative estimate of drug-likeness (QED) is 0.630. The normalized spacial score (nSPS) is 9.93. The van der Waals surface area contributed by atoms with E-state index in [-0.39, 0.29) is 0 Å². The first-order valence-electron chi connectivity index (χ1n) is 4.65. The third-order valence-electron chi connectivity index (χ3n) is 1.85. The predicted molar refractivity (Wildman–Crippen MR) is 80.5 cm³/mol. The summed E-state index contributed by atoms with van der Waals surface area (Å²) in [4.78, 5) is 4.34. The average molecular weight is 399 g/mol. The first kappa shape index (κ1) is 13.3. The minimum absolute atomic E-state index is 1.02. The topological polar surface area (TPSA) is 17.8 Å². The van der Waals surface area contributed by atoms with Gasteiger partial charge in [0, 0.05) is 52.1 Å². The monoisotopic (exact) mass is 398 g/mol. The van der Waals surface area contributed by atoms with Gasteiger partial charge in [0.05, 0.1) is 0 Å². The molecule has 0 aliphatic rings. The third-order valence-corrected chi connectivity index (χ3v) is 4.32. The fourth-order valence-electron chi connectivity index (χ4n) is 1.26. The lowest BCUT2D eigenvalue weighted by Gasteiger charge is -1.99. The molecule has 15 heavy (non-hydrogen) atoms. The Labute approximate surface area is 115 Å². The molecule has 0 aliphatic carbocycles. The number of aromatic nitrogens is 2. The maximum atomic E-state index is 4.34. The van der Waals surface area contributed by atoms with Gasteiger partial charge in [0.2, 0.25) is 0 Å². The summed E-state index contributed by atoms with van der Waals surface area (Å²) < 4.78 is 3.21. The zero-order valence-corrected chi connectivity index (χ0v) is 13.4. The van der Waals surface area contributed by atoms with Gasteiger partial charge in [0.15, 0.2) is 5.65 Å². The van der Waals surface area contributed by atoms with Crippen LogP contribution in [0.3, 0.4) is 0 Å². The zero-order chi connectivity index (χ0) is 11.4. The molecule has 2 aromatic heterocycles. The first-order valence-corrected chi connectivity index (χ1v) is 8.76. The summed E-state index contributed by atoms with van der Waals surface area (Å²) in [7, 11) is 1.64. The van der Waals surface area contributed by atoms with Crippen molar-refractivity contribution in [2.24, 2.45) is 0 Å². The molecule has 0 unspecified atom stereocenters. The molecule has 0 spiro atoms. The van der Waals surface area contributed by atoms with Crippen molar-refractivity contribution < 1.29 is 0 Å². The molecule has 0 bridgehead atoms. The van der Waals surface area contributed by atoms with Gasteiger partial charge in [0.25, 0.3) is 0 Å². The summed E-state index contributed by atoms with van der Waals surface area (Å²) in [5.74, 6) is 0. The number of halogens is 2. The van der Waals surface area contributed by atoms with Crippen LogP contribution >= 0.6 is 46.3 Å². The molecule has 0 aliphatic heterocycles. The lowest BCUT2D eigenvalue weighted by molar-refractivity contribution is 1.18. The van der Waals surface area contributed by atoms with E-state index < -0.39 is 0 Å². The number of hydrogen-bond donors (Lipinski definition) is 0. The van der Waals surface area contributed by atoms with Gasteiger partial charge in [-0.15, -0.1) is 0 Å². The highest BCUT2D eigenvalue weighted by Crippen LogP contribution is 2.30. The lowest BCUT2D eigenvalue weighted by atomic mass is 10.3. The van der Waals surface area contributed by atoms with Crippen molar-refractivity contribution in [2.45, 2.75) is 20.8 Å². The van der Waals surface area contributed by atoms with Crippen LogP contribution < -0.4 is 0 Å². The molecule has 0 saturated carbocycles. The molecule has 82 valence electrons. The zero-order valence-electron chi connectivity index (χ0n) is 8.79. The van der Waals surface area contributed by atoms with E-state index in [9.17, 15) is 0 Å². The Morgan fingerprint density at radius 2 is 2.13 bits per heavy atom. The van der Waals surface area contributed by atoms with Crippen molar-refractivity contribution in [3.8, 4) is 0 Å². The lowest BCUT2D eigenvalue weighted by Crippen LogP contribution is -1.86. The molecule has 0 amide bonds. The highest BCUT2D eigenvalue weighted by Gasteiger charge is 2.08. The van der Waals surface area contributed by atoms with Gasteiger partial charge in [-0.05, 0) is 35.0 Å². The van der Waals surface area contributed by atoms with Crippen LogP contribution in [0.2, 0.25) is 0 Å². The SMILES string of the molecule is CC.Cc1cc2c(Br)ccnc2n1SI. The molecule has 0 aromatic carbocycles. The summed E-state index contributed by atoms with van der Waals surface area (Å²) in [6.07, 6.45) is 1.81. The summed E-state index contributed by atoms with van der Waals surface area (Å²) in [5, 5.41) is 1.17. The Kier molecular flexibility index (Phi) is 5.42. The van der Waals surface area contributed by atoms with Gasteiger partial charge < -0.3 is 0 Å². The third kappa shape index (κ3) is 2.68. The van der Waals surface area contributed by atoms with Crippen LogP contribution in [0.1, 0.15) is 19.5 Å². The number of aryl methyl sites for hydroxylation is 1. The Morgan fingerprint density at radius 3 is 2.73 bits per heavy atom. The van der Waals surface area contributed by atoms with E-state index in [2.05, 4.69) is 59.1 Å². The van der Waals surface area contributed by atoms with E-state index in [0.717, 1.165) is 10.1 Å². The average Bonchev–Trinajstić information content (AvgIpc) is 2.59. The van der Waals surface area contributed by atoms with Crippen molar-refractivity contribution in [3.05, 3.63) is 28.5 Å². The molecule has 5 heteroatoms. The van der Waals surface area contributed by atoms with Crippen molar-refractivity contribution in [3.63, 3.8) is 0 Å². The van der Waals surface area contributed by atoms with Crippen molar-refractivity contribution in [1.82, 2.24) is 8.96 Å². The predicted octanol–water partition coefficient (Wildman–Crippen LogP) is 4.98. The van der Waals surface area contributed by atoms with Crippen LogP contribution in [-0.4, -0.2) is 8.96 Å². The van der Waals surface area contributed by atoms with E-state index in [1.807, 2.05) is 26.1 Å². The molecule has 0 radical (unpaired) electrons. The number of nitrogens with zero attached hydrogens (tertiary/aromatic N) is 2. The number of hydrogen-bond acceptors (Lipinski definition) is 2. The van der Waals surface area contributed by atoms with Crippen molar-refractivity contribution in [1.29, 1.82) is 0 Å². The second kappa shape index (κ2) is 6.10. The van der Waals surface area contributed by atoms with Gasteiger partial charge in [-0.3, -0.25) is 3.97 Å². The Hall–Kier alpha value is 0.250. The number of fused-ring (bicyclic) bond motifs is 1. The van der Waals surface area contributed by atoms with E-state index in [1.165, 1.54) is 11.1 Å². The van der Waals surface area contributed by atoms with Gasteiger partial charge >= 0.3 is 0 Å². The molecule has 2 rings (SSSR count). The largest absolute Gasteiger partial charge is 0.263 e. The minimum Gasteiger partial charge on any atom is -0.263 e. The molecule has 0 fully saturated rings. The maximum Gasteiger partial charge on any atom is 0.151 e. The van der Waals surface area contributed by atoms with Crippen molar-refractivity contribution in [2.75, 3.05) is 0 Å². The van der Waals surface area contributed by atoms with E-state index >= 15 is 0 Å². The van der Waals surface area contributed by atoms with E-state index in [4.69, 9.17) is 0 Å². The maximum absolute atomic E-state index is 4.34. The molecule has 0 N–H and O–H groups in total. The summed E-state index contributed by atoms with van der Waals surface area (Å²) in [5.41, 5.74) is 2.24. The van der Waals surface area contributed by atoms with Crippen LogP contribution in [0.5, 0.6) is 0 Å². The molecular formula is C10H12BrIN2S. The molecule has 0 atom stereocenters. The van der Waals surface area contributed by atoms with Crippen molar-refractivity contribution >= 4 is 57.3 Å². The molecule has 2 nitrogen and oxygen atoms in total. The molecular weight excluding hydrogens is 387 g/mol. The second-order valence-corrected chi connectivity index (χ2v) is 5.22. The number of rotatable bonds is 1. The Bertz CT molecular complexity index is 456. The fraction of sp³-hybridized carbons (Fsp3) is 0.300. The Morgan fingerprint density at radius 1 is 1.47 bits per heavy atom. The van der Waals surface area contributed by atoms with Gasteiger partial charge in [-0.2, -0.15) is 0 Å². The van der Waals surface area contributed by atoms with E-state index in [0.29, 0.717) is 0 Å². The van der Waals surface area contributed by atoms with E-state index in [1.54, 1.807) is 9.12 Å². The second-order valence-electron chi connectivity index (χ2n) is 2.68. The molecule has 2 heterocycles. The first-order chi connectivity index (χ1) is 7.24. The smallest absolute Gasteiger partial charge is 0.151 e. The van der Waals surface area contributed by atoms with Gasteiger partial charge in [0.1, 0.15) is 0 Å². The van der Waals surface area contributed by atoms with Crippen LogP contribution in [0.15, 0.2) is 22.8 Å². The standard InChI is InChI=1S/C8H6BrIN2S.C2H6/c1-5-4-6-7(9)2-3-11-8(6)12(5)13-10;1-2/h2-4H,1H3;1-2H3. The minimum atomic E-state index is 1.02. The fourth-order valence-corrected chi connectivity index (χ4v) is 3.53. The summed E-state index contributed by atoms with van der Waals surface area (Å²) in [6.45, 7) is 6.08. The summed E-state index contributed by atoms with van der Waals surface area (Å²) in [6, 6.07) is 4.10.